The molecule has 280 valence electrons. The molecular formula is C33H60N2O12S. The number of nitrogens with zero attached hydrogens (tertiary/aromatic N) is 1. The lowest BCUT2D eigenvalue weighted by molar-refractivity contribution is -0.150. The Labute approximate surface area is 291 Å². The Bertz CT molecular complexity index is 848. The number of ether oxygens (including phenoxy) is 4. The van der Waals surface area contributed by atoms with Crippen molar-refractivity contribution in [3.8, 4) is 0 Å². The molecule has 0 aliphatic carbocycles. The number of unbranched alkanes of at least 4 members (excludes halogenated alkanes) is 13. The minimum Gasteiger partial charge on any atom is -0.480 e. The van der Waals surface area contributed by atoms with E-state index < -0.39 is 43.1 Å². The summed E-state index contributed by atoms with van der Waals surface area (Å²) in [6.45, 7) is -0.0135. The van der Waals surface area contributed by atoms with Crippen LogP contribution < -0.4 is 5.32 Å². The molecule has 0 heterocycles. The van der Waals surface area contributed by atoms with Gasteiger partial charge in [-0.2, -0.15) is 12.6 Å². The molecule has 0 aromatic carbocycles. The summed E-state index contributed by atoms with van der Waals surface area (Å²) in [5.74, 6) is -3.18. The van der Waals surface area contributed by atoms with Gasteiger partial charge in [0.15, 0.2) is 0 Å². The third kappa shape index (κ3) is 30.7. The number of aliphatic carboxylic acids is 3. The third-order valence-corrected chi connectivity index (χ3v) is 7.76. The Kier molecular flexibility index (Phi) is 31.1. The molecule has 1 amide bonds. The number of hydrogen-bond donors (Lipinski definition) is 5. The number of carboxylic acid groups (broad SMARTS) is 3. The van der Waals surface area contributed by atoms with Gasteiger partial charge in [-0.25, -0.2) is 4.79 Å². The Morgan fingerprint density at radius 2 is 1.04 bits per heavy atom. The summed E-state index contributed by atoms with van der Waals surface area (Å²) < 4.78 is 20.9. The Morgan fingerprint density at radius 3 is 1.52 bits per heavy atom. The van der Waals surface area contributed by atoms with E-state index in [1.807, 2.05) is 0 Å². The van der Waals surface area contributed by atoms with E-state index in [1.165, 1.54) is 64.2 Å². The van der Waals surface area contributed by atoms with Gasteiger partial charge in [-0.05, 0) is 37.9 Å². The van der Waals surface area contributed by atoms with Gasteiger partial charge in [0.1, 0.15) is 19.3 Å². The standard InChI is InChI=1S/C33H60N2O12S/c36-29(37)26-35(27-30(38)39)28(32(41)42)16-13-14-18-34-33(43)47-24-22-45-20-19-44-21-23-46-31(40)17-12-10-8-6-4-2-1-3-5-7-9-11-15-25-48/h28,48H,1-27H2,(H,34,43)(H,36,37)(H,38,39)(H,41,42). The average molecular weight is 709 g/mol. The van der Waals surface area contributed by atoms with E-state index in [0.29, 0.717) is 25.9 Å². The zero-order chi connectivity index (χ0) is 35.7. The summed E-state index contributed by atoms with van der Waals surface area (Å²) in [7, 11) is 0. The van der Waals surface area contributed by atoms with Crippen LogP contribution >= 0.6 is 12.6 Å². The number of carbonyl (C=O) groups excluding carboxylic acids is 2. The lowest BCUT2D eigenvalue weighted by Gasteiger charge is -2.25. The maximum Gasteiger partial charge on any atom is 0.407 e. The molecule has 4 N–H and O–H groups in total. The predicted molar refractivity (Wildman–Crippen MR) is 183 cm³/mol. The third-order valence-electron chi connectivity index (χ3n) is 7.44. The van der Waals surface area contributed by atoms with E-state index in [-0.39, 0.29) is 52.0 Å². The van der Waals surface area contributed by atoms with Crippen LogP contribution in [-0.4, -0.2) is 121 Å². The van der Waals surface area contributed by atoms with Crippen molar-refractivity contribution in [1.29, 1.82) is 0 Å². The van der Waals surface area contributed by atoms with Crippen LogP contribution in [0, 0.1) is 0 Å². The van der Waals surface area contributed by atoms with Crippen molar-refractivity contribution >= 4 is 42.6 Å². The van der Waals surface area contributed by atoms with Crippen LogP contribution in [0.1, 0.15) is 109 Å². The van der Waals surface area contributed by atoms with Crippen LogP contribution in [0.3, 0.4) is 0 Å². The quantitative estimate of drug-likeness (QED) is 0.0343. The molecule has 48 heavy (non-hydrogen) atoms. The molecule has 14 nitrogen and oxygen atoms in total. The molecule has 0 aliphatic heterocycles. The van der Waals surface area contributed by atoms with Gasteiger partial charge in [0.2, 0.25) is 0 Å². The fourth-order valence-electron chi connectivity index (χ4n) is 4.92. The molecule has 0 spiro atoms. The monoisotopic (exact) mass is 708 g/mol. The Morgan fingerprint density at radius 1 is 0.583 bits per heavy atom. The number of alkyl carbamates (subject to hydrolysis) is 1. The van der Waals surface area contributed by atoms with Crippen LogP contribution in [0.2, 0.25) is 0 Å². The highest BCUT2D eigenvalue weighted by atomic mass is 32.1. The van der Waals surface area contributed by atoms with Crippen molar-refractivity contribution in [3.63, 3.8) is 0 Å². The number of nitrogens with one attached hydrogen (secondary N) is 1. The highest BCUT2D eigenvalue weighted by Crippen LogP contribution is 2.13. The zero-order valence-corrected chi connectivity index (χ0v) is 29.5. The molecule has 0 aromatic rings. The second-order valence-electron chi connectivity index (χ2n) is 11.6. The predicted octanol–water partition coefficient (Wildman–Crippen LogP) is 4.77. The SMILES string of the molecule is O=C(O)CN(CC(=O)O)C(CCCCNC(=O)OCCOCCOCCOC(=O)CCCCCCCCCCCCCCCS)C(=O)O. The van der Waals surface area contributed by atoms with E-state index in [4.69, 9.17) is 29.2 Å². The molecule has 0 saturated heterocycles. The van der Waals surface area contributed by atoms with Crippen LogP contribution in [0.4, 0.5) is 4.79 Å². The molecule has 0 aromatic heterocycles. The lowest BCUT2D eigenvalue weighted by Crippen LogP contribution is -2.46. The van der Waals surface area contributed by atoms with Crippen molar-refractivity contribution in [3.05, 3.63) is 0 Å². The van der Waals surface area contributed by atoms with Gasteiger partial charge < -0.3 is 39.6 Å². The molecule has 0 radical (unpaired) electrons. The van der Waals surface area contributed by atoms with Crippen LogP contribution in [0.5, 0.6) is 0 Å². The highest BCUT2D eigenvalue weighted by molar-refractivity contribution is 7.80. The Hall–Kier alpha value is -2.62. The summed E-state index contributed by atoms with van der Waals surface area (Å²) in [6.07, 6.45) is 16.6. The van der Waals surface area contributed by atoms with Gasteiger partial charge in [0, 0.05) is 13.0 Å². The first-order chi connectivity index (χ1) is 23.2. The smallest absolute Gasteiger partial charge is 0.407 e. The highest BCUT2D eigenvalue weighted by Gasteiger charge is 2.28. The molecule has 0 rings (SSSR count). The first-order valence-electron chi connectivity index (χ1n) is 17.4. The first-order valence-corrected chi connectivity index (χ1v) is 18.0. The van der Waals surface area contributed by atoms with Crippen LogP contribution in [0.15, 0.2) is 0 Å². The van der Waals surface area contributed by atoms with E-state index in [2.05, 4.69) is 17.9 Å². The second-order valence-corrected chi connectivity index (χ2v) is 12.1. The second kappa shape index (κ2) is 32.9. The number of esters is 1. The summed E-state index contributed by atoms with van der Waals surface area (Å²) in [5.41, 5.74) is 0. The van der Waals surface area contributed by atoms with Gasteiger partial charge >= 0.3 is 30.0 Å². The summed E-state index contributed by atoms with van der Waals surface area (Å²) >= 11 is 4.24. The number of hydrogen-bond acceptors (Lipinski definition) is 11. The molecule has 0 bridgehead atoms. The molecule has 0 fully saturated rings. The summed E-state index contributed by atoms with van der Waals surface area (Å²) in [5, 5.41) is 29.8. The topological polar surface area (TPSA) is 198 Å². The molecule has 1 atom stereocenters. The maximum absolute atomic E-state index is 11.8. The van der Waals surface area contributed by atoms with Crippen molar-refractivity contribution in [2.75, 3.05) is 65.0 Å². The number of rotatable bonds is 35. The van der Waals surface area contributed by atoms with Gasteiger partial charge in [0.25, 0.3) is 0 Å². The van der Waals surface area contributed by atoms with Gasteiger partial charge in [-0.15, -0.1) is 0 Å². The van der Waals surface area contributed by atoms with E-state index >= 15 is 0 Å². The van der Waals surface area contributed by atoms with E-state index in [0.717, 1.165) is 29.9 Å². The lowest BCUT2D eigenvalue weighted by atomic mass is 10.0. The minimum absolute atomic E-state index is 0.0152. The minimum atomic E-state index is -1.33. The molecule has 0 aliphatic rings. The van der Waals surface area contributed by atoms with Gasteiger partial charge in [-0.1, -0.05) is 70.6 Å². The van der Waals surface area contributed by atoms with Crippen molar-refractivity contribution < 1.29 is 58.2 Å². The average Bonchev–Trinajstić information content (AvgIpc) is 3.02. The van der Waals surface area contributed by atoms with Crippen molar-refractivity contribution in [2.24, 2.45) is 0 Å². The number of carboxylic acids is 3. The normalized spacial score (nSPS) is 11.7. The molecule has 1 unspecified atom stereocenters. The summed E-state index contributed by atoms with van der Waals surface area (Å²) in [4.78, 5) is 57.9. The Balaban J connectivity index is 3.58. The molecule has 0 saturated carbocycles. The zero-order valence-electron chi connectivity index (χ0n) is 28.6. The maximum atomic E-state index is 11.8. The fraction of sp³-hybridized carbons (Fsp3) is 0.848. The van der Waals surface area contributed by atoms with Crippen molar-refractivity contribution in [1.82, 2.24) is 10.2 Å². The van der Waals surface area contributed by atoms with Crippen LogP contribution in [0.25, 0.3) is 0 Å². The first kappa shape index (κ1) is 45.4. The van der Waals surface area contributed by atoms with Crippen molar-refractivity contribution in [2.45, 2.75) is 115 Å². The molecule has 15 heteroatoms. The molecular weight excluding hydrogens is 648 g/mol. The number of thiol groups is 1. The number of carbonyl (C=O) groups is 5. The van der Waals surface area contributed by atoms with E-state index in [1.54, 1.807) is 0 Å². The fourth-order valence-corrected chi connectivity index (χ4v) is 5.14. The largest absolute Gasteiger partial charge is 0.480 e. The summed E-state index contributed by atoms with van der Waals surface area (Å²) in [6, 6.07) is -1.28. The number of amides is 1. The van der Waals surface area contributed by atoms with Crippen LogP contribution in [-0.2, 0) is 38.1 Å². The van der Waals surface area contributed by atoms with Gasteiger partial charge in [-0.3, -0.25) is 24.1 Å². The van der Waals surface area contributed by atoms with Gasteiger partial charge in [0.05, 0.1) is 39.5 Å². The van der Waals surface area contributed by atoms with E-state index in [9.17, 15) is 29.1 Å².